The van der Waals surface area contributed by atoms with E-state index in [2.05, 4.69) is 17.3 Å². The molecule has 0 aromatic heterocycles. The van der Waals surface area contributed by atoms with Crippen LogP contribution in [0.25, 0.3) is 0 Å². The third-order valence-corrected chi connectivity index (χ3v) is 6.92. The van der Waals surface area contributed by atoms with E-state index >= 15 is 0 Å². The maximum Gasteiger partial charge on any atom is 0.258 e. The molecule has 2 rings (SSSR count). The summed E-state index contributed by atoms with van der Waals surface area (Å²) in [7, 11) is 0. The SMILES string of the molecule is CCCCCCCCCCCCCCCCCC(=O)NC1=NN(c2ccccc2)C(=O)[C@H]1C(C)C. The van der Waals surface area contributed by atoms with E-state index in [4.69, 9.17) is 0 Å². The second-order valence-corrected chi connectivity index (χ2v) is 10.4. The Hall–Kier alpha value is -2.17. The number of carbonyl (C=O) groups excluding carboxylic acids is 2. The molecule has 0 fully saturated rings. The first-order chi connectivity index (χ1) is 17.0. The van der Waals surface area contributed by atoms with E-state index in [1.165, 1.54) is 88.5 Å². The average Bonchev–Trinajstić information content (AvgIpc) is 3.17. The van der Waals surface area contributed by atoms with Gasteiger partial charge >= 0.3 is 0 Å². The number of amides is 2. The van der Waals surface area contributed by atoms with Crippen LogP contribution in [0.1, 0.15) is 124 Å². The molecule has 0 bridgehead atoms. The standard InChI is InChI=1S/C30H49N3O2/c1-4-5-6-7-8-9-10-11-12-13-14-15-16-17-21-24-27(34)31-29-28(25(2)3)30(35)33(32-29)26-22-19-18-20-23-26/h18-20,22-23,25,28H,4-17,21,24H2,1-3H3,(H,31,32,34)/t28-/m0/s1. The van der Waals surface area contributed by atoms with Gasteiger partial charge in [0.05, 0.1) is 5.69 Å². The Morgan fingerprint density at radius 3 is 1.80 bits per heavy atom. The number of hydrazone groups is 1. The fraction of sp³-hybridized carbons (Fsp3) is 0.700. The van der Waals surface area contributed by atoms with Gasteiger partial charge in [0.1, 0.15) is 11.8 Å². The number of carbonyl (C=O) groups is 2. The number of rotatable bonds is 18. The molecule has 1 aliphatic heterocycles. The molecule has 0 spiro atoms. The molecule has 5 nitrogen and oxygen atoms in total. The van der Waals surface area contributed by atoms with Gasteiger partial charge in [0.25, 0.3) is 5.91 Å². The van der Waals surface area contributed by atoms with Gasteiger partial charge in [-0.15, -0.1) is 0 Å². The van der Waals surface area contributed by atoms with Crippen molar-refractivity contribution >= 4 is 23.3 Å². The molecular formula is C30H49N3O2. The average molecular weight is 484 g/mol. The minimum Gasteiger partial charge on any atom is -0.312 e. The lowest BCUT2D eigenvalue weighted by molar-refractivity contribution is -0.120. The Morgan fingerprint density at radius 1 is 0.829 bits per heavy atom. The molecule has 5 heteroatoms. The van der Waals surface area contributed by atoms with Crippen molar-refractivity contribution in [3.8, 4) is 0 Å². The normalized spacial score (nSPS) is 15.7. The molecule has 1 aromatic rings. The number of anilines is 1. The van der Waals surface area contributed by atoms with Gasteiger partial charge in [0.2, 0.25) is 5.91 Å². The maximum absolute atomic E-state index is 12.9. The van der Waals surface area contributed by atoms with Crippen LogP contribution in [-0.4, -0.2) is 17.6 Å². The number of nitrogens with zero attached hydrogens (tertiary/aromatic N) is 2. The highest BCUT2D eigenvalue weighted by Crippen LogP contribution is 2.27. The Morgan fingerprint density at radius 2 is 1.31 bits per heavy atom. The van der Waals surface area contributed by atoms with E-state index in [-0.39, 0.29) is 17.7 Å². The van der Waals surface area contributed by atoms with Gasteiger partial charge in [-0.25, -0.2) is 0 Å². The molecule has 0 aliphatic carbocycles. The summed E-state index contributed by atoms with van der Waals surface area (Å²) in [6, 6.07) is 9.40. The molecule has 196 valence electrons. The Balaban J connectivity index is 1.54. The lowest BCUT2D eigenvalue weighted by atomic mass is 9.94. The molecule has 0 unspecified atom stereocenters. The molecule has 0 radical (unpaired) electrons. The highest BCUT2D eigenvalue weighted by molar-refractivity contribution is 6.18. The molecule has 1 N–H and O–H groups in total. The van der Waals surface area contributed by atoms with Crippen LogP contribution in [0, 0.1) is 11.8 Å². The zero-order valence-corrected chi connectivity index (χ0v) is 22.6. The Labute approximate surface area is 214 Å². The van der Waals surface area contributed by atoms with Crippen LogP contribution in [0.4, 0.5) is 5.69 Å². The molecule has 35 heavy (non-hydrogen) atoms. The number of hydrogen-bond acceptors (Lipinski definition) is 3. The van der Waals surface area contributed by atoms with Crippen molar-refractivity contribution in [1.29, 1.82) is 0 Å². The lowest BCUT2D eigenvalue weighted by Gasteiger charge is -2.17. The van der Waals surface area contributed by atoms with Crippen LogP contribution < -0.4 is 10.3 Å². The van der Waals surface area contributed by atoms with E-state index in [1.54, 1.807) is 0 Å². The van der Waals surface area contributed by atoms with Gasteiger partial charge in [-0.3, -0.25) is 9.59 Å². The summed E-state index contributed by atoms with van der Waals surface area (Å²) in [5, 5.41) is 8.83. The second-order valence-electron chi connectivity index (χ2n) is 10.4. The minimum atomic E-state index is -0.403. The number of unbranched alkanes of at least 4 members (excludes halogenated alkanes) is 14. The summed E-state index contributed by atoms with van der Waals surface area (Å²) in [6.45, 7) is 6.26. The van der Waals surface area contributed by atoms with Gasteiger partial charge in [0.15, 0.2) is 0 Å². The van der Waals surface area contributed by atoms with E-state index in [1.807, 2.05) is 44.2 Å². The van der Waals surface area contributed by atoms with Crippen LogP contribution in [0.3, 0.4) is 0 Å². The Kier molecular flexibility index (Phi) is 14.4. The lowest BCUT2D eigenvalue weighted by Crippen LogP contribution is -2.39. The van der Waals surface area contributed by atoms with E-state index in [9.17, 15) is 9.59 Å². The first kappa shape index (κ1) is 29.1. The predicted octanol–water partition coefficient (Wildman–Crippen LogP) is 8.00. The van der Waals surface area contributed by atoms with Crippen molar-refractivity contribution in [3.05, 3.63) is 30.3 Å². The Bertz CT molecular complexity index is 760. The second kappa shape index (κ2) is 17.3. The molecule has 1 aromatic carbocycles. The summed E-state index contributed by atoms with van der Waals surface area (Å²) in [6.07, 6.45) is 20.1. The number of hydrogen-bond donors (Lipinski definition) is 1. The van der Waals surface area contributed by atoms with E-state index in [0.29, 0.717) is 12.3 Å². The first-order valence-corrected chi connectivity index (χ1v) is 14.3. The number of benzene rings is 1. The van der Waals surface area contributed by atoms with Gasteiger partial charge in [-0.2, -0.15) is 10.1 Å². The highest BCUT2D eigenvalue weighted by Gasteiger charge is 2.39. The largest absolute Gasteiger partial charge is 0.312 e. The van der Waals surface area contributed by atoms with Crippen molar-refractivity contribution in [2.75, 3.05) is 5.01 Å². The zero-order valence-electron chi connectivity index (χ0n) is 22.6. The minimum absolute atomic E-state index is 0.0354. The van der Waals surface area contributed by atoms with Crippen molar-refractivity contribution in [2.24, 2.45) is 16.9 Å². The van der Waals surface area contributed by atoms with E-state index < -0.39 is 5.92 Å². The zero-order chi connectivity index (χ0) is 25.3. The highest BCUT2D eigenvalue weighted by atomic mass is 16.2. The molecular weight excluding hydrogens is 434 g/mol. The molecule has 1 atom stereocenters. The van der Waals surface area contributed by atoms with Crippen molar-refractivity contribution in [3.63, 3.8) is 0 Å². The number of nitrogens with one attached hydrogen (secondary N) is 1. The quantitative estimate of drug-likeness (QED) is 0.215. The van der Waals surface area contributed by atoms with Crippen LogP contribution >= 0.6 is 0 Å². The van der Waals surface area contributed by atoms with Crippen LogP contribution in [0.5, 0.6) is 0 Å². The van der Waals surface area contributed by atoms with Gasteiger partial charge in [-0.1, -0.05) is 129 Å². The summed E-state index contributed by atoms with van der Waals surface area (Å²) >= 11 is 0. The van der Waals surface area contributed by atoms with Crippen LogP contribution in [0.15, 0.2) is 35.4 Å². The molecule has 1 aliphatic rings. The van der Waals surface area contributed by atoms with Crippen LogP contribution in [0.2, 0.25) is 0 Å². The molecule has 2 amide bonds. The molecule has 1 heterocycles. The predicted molar refractivity (Wildman–Crippen MR) is 147 cm³/mol. The number of para-hydroxylation sites is 1. The summed E-state index contributed by atoms with van der Waals surface area (Å²) in [5.74, 6) is 0.0429. The van der Waals surface area contributed by atoms with Crippen molar-refractivity contribution < 1.29 is 9.59 Å². The van der Waals surface area contributed by atoms with Crippen molar-refractivity contribution in [1.82, 2.24) is 5.32 Å². The molecule has 0 saturated carbocycles. The van der Waals surface area contributed by atoms with E-state index in [0.717, 1.165) is 18.5 Å². The topological polar surface area (TPSA) is 61.8 Å². The smallest absolute Gasteiger partial charge is 0.258 e. The fourth-order valence-corrected chi connectivity index (χ4v) is 4.79. The fourth-order valence-electron chi connectivity index (χ4n) is 4.79. The van der Waals surface area contributed by atoms with Crippen LogP contribution in [-0.2, 0) is 9.59 Å². The molecule has 0 saturated heterocycles. The first-order valence-electron chi connectivity index (χ1n) is 14.3. The van der Waals surface area contributed by atoms with Crippen molar-refractivity contribution in [2.45, 2.75) is 124 Å². The summed E-state index contributed by atoms with van der Waals surface area (Å²) in [4.78, 5) is 25.4. The third kappa shape index (κ3) is 11.0. The van der Waals surface area contributed by atoms with Gasteiger partial charge in [-0.05, 0) is 24.5 Å². The maximum atomic E-state index is 12.9. The number of amidine groups is 1. The summed E-state index contributed by atoms with van der Waals surface area (Å²) in [5.41, 5.74) is 0.731. The third-order valence-electron chi connectivity index (χ3n) is 6.92. The monoisotopic (exact) mass is 483 g/mol. The van der Waals surface area contributed by atoms with Gasteiger partial charge in [0, 0.05) is 6.42 Å². The summed E-state index contributed by atoms with van der Waals surface area (Å²) < 4.78 is 0. The van der Waals surface area contributed by atoms with Gasteiger partial charge < -0.3 is 5.32 Å².